The molecule has 58 heavy (non-hydrogen) atoms. The predicted molar refractivity (Wildman–Crippen MR) is 217 cm³/mol. The number of methoxy groups -OCH3 is 1. The van der Waals surface area contributed by atoms with E-state index in [1.54, 1.807) is 46.9 Å². The molecule has 318 valence electrons. The van der Waals surface area contributed by atoms with Crippen molar-refractivity contribution in [2.24, 2.45) is 17.8 Å². The fourth-order valence-electron chi connectivity index (χ4n) is 7.89. The van der Waals surface area contributed by atoms with Gasteiger partial charge in [-0.25, -0.2) is 13.2 Å². The Labute approximate surface area is 341 Å². The molecule has 6 rings (SSSR count). The highest BCUT2D eigenvalue weighted by Gasteiger charge is 2.63. The van der Waals surface area contributed by atoms with E-state index in [1.165, 1.54) is 4.90 Å². The van der Waals surface area contributed by atoms with Crippen LogP contribution in [-0.4, -0.2) is 95.9 Å². The number of carbonyl (C=O) groups excluding carboxylic acids is 4. The van der Waals surface area contributed by atoms with Crippen molar-refractivity contribution in [3.8, 4) is 17.5 Å². The van der Waals surface area contributed by atoms with Crippen LogP contribution in [0, 0.1) is 17.8 Å². The van der Waals surface area contributed by atoms with Crippen molar-refractivity contribution in [3.63, 3.8) is 0 Å². The number of benzene rings is 1. The largest absolute Gasteiger partial charge is 0.497 e. The van der Waals surface area contributed by atoms with Gasteiger partial charge >= 0.3 is 6.09 Å². The molecular formula is C42H59N5O10S. The van der Waals surface area contributed by atoms with Crippen molar-refractivity contribution in [3.05, 3.63) is 36.4 Å². The summed E-state index contributed by atoms with van der Waals surface area (Å²) >= 11 is 0. The highest BCUT2D eigenvalue weighted by molar-refractivity contribution is 7.91. The Balaban J connectivity index is 1.37. The molecule has 0 radical (unpaired) electrons. The number of aromatic nitrogens is 1. The van der Waals surface area contributed by atoms with Crippen LogP contribution >= 0.6 is 0 Å². The number of pyridine rings is 1. The van der Waals surface area contributed by atoms with E-state index in [-0.39, 0.29) is 43.2 Å². The minimum Gasteiger partial charge on any atom is -0.497 e. The predicted octanol–water partition coefficient (Wildman–Crippen LogP) is 5.16. The maximum atomic E-state index is 14.9. The van der Waals surface area contributed by atoms with Crippen molar-refractivity contribution in [1.29, 1.82) is 0 Å². The number of sulfonamides is 1. The van der Waals surface area contributed by atoms with Crippen LogP contribution in [0.1, 0.15) is 100 Å². The second-order valence-electron chi connectivity index (χ2n) is 18.1. The van der Waals surface area contributed by atoms with Crippen molar-refractivity contribution >= 4 is 44.6 Å². The van der Waals surface area contributed by atoms with Gasteiger partial charge in [-0.15, -0.1) is 0 Å². The van der Waals surface area contributed by atoms with Gasteiger partial charge in [-0.3, -0.25) is 19.1 Å². The summed E-state index contributed by atoms with van der Waals surface area (Å²) in [6.45, 7) is 14.4. The van der Waals surface area contributed by atoms with Gasteiger partial charge in [0.15, 0.2) is 0 Å². The molecule has 1 aromatic heterocycles. The summed E-state index contributed by atoms with van der Waals surface area (Å²) in [5.41, 5.74) is -2.38. The maximum absolute atomic E-state index is 14.9. The Hall–Kier alpha value is -4.60. The van der Waals surface area contributed by atoms with Gasteiger partial charge in [0.05, 0.1) is 24.5 Å². The minimum atomic E-state index is -4.02. The van der Waals surface area contributed by atoms with E-state index < -0.39 is 73.8 Å². The number of allylic oxidation sites excluding steroid dienone is 1. The molecule has 16 heteroatoms. The molecule has 1 saturated heterocycles. The van der Waals surface area contributed by atoms with Gasteiger partial charge in [-0.1, -0.05) is 26.0 Å². The number of hydrogen-bond acceptors (Lipinski definition) is 11. The summed E-state index contributed by atoms with van der Waals surface area (Å²) < 4.78 is 51.3. The fraction of sp³-hybridized carbons (Fsp3) is 0.643. The average molecular weight is 826 g/mol. The van der Waals surface area contributed by atoms with Crippen LogP contribution in [-0.2, 0) is 29.1 Å². The number of rotatable bonds is 9. The van der Waals surface area contributed by atoms with Crippen molar-refractivity contribution < 1.29 is 46.5 Å². The topological polar surface area (TPSA) is 192 Å². The highest BCUT2D eigenvalue weighted by atomic mass is 32.2. The molecule has 2 aromatic rings. The smallest absolute Gasteiger partial charge is 0.408 e. The molecule has 15 nitrogen and oxygen atoms in total. The summed E-state index contributed by atoms with van der Waals surface area (Å²) in [6, 6.07) is 4.96. The molecular weight excluding hydrogens is 767 g/mol. The third-order valence-electron chi connectivity index (χ3n) is 11.5. The highest BCUT2D eigenvalue weighted by Crippen LogP contribution is 2.48. The van der Waals surface area contributed by atoms with Crippen LogP contribution in [0.4, 0.5) is 4.79 Å². The van der Waals surface area contributed by atoms with Gasteiger partial charge < -0.3 is 34.5 Å². The lowest BCUT2D eigenvalue weighted by atomic mass is 9.88. The van der Waals surface area contributed by atoms with Gasteiger partial charge in [0, 0.05) is 23.8 Å². The van der Waals surface area contributed by atoms with Gasteiger partial charge in [-0.2, -0.15) is 4.98 Å². The van der Waals surface area contributed by atoms with Gasteiger partial charge in [0.2, 0.25) is 33.6 Å². The lowest BCUT2D eigenvalue weighted by Gasteiger charge is -2.33. The Morgan fingerprint density at radius 1 is 1.09 bits per heavy atom. The molecule has 0 bridgehead atoms. The number of alkyl carbamates (subject to hydrolysis) is 1. The molecule has 7 atom stereocenters. The molecule has 2 aliphatic heterocycles. The molecule has 4 amide bonds. The molecule has 1 aromatic carbocycles. The van der Waals surface area contributed by atoms with Crippen LogP contribution in [0.3, 0.4) is 0 Å². The van der Waals surface area contributed by atoms with Crippen LogP contribution < -0.4 is 29.6 Å². The normalized spacial score (nSPS) is 29.2. The lowest BCUT2D eigenvalue weighted by molar-refractivity contribution is -0.142. The first-order chi connectivity index (χ1) is 27.1. The minimum absolute atomic E-state index is 0.00465. The monoisotopic (exact) mass is 825 g/mol. The zero-order valence-electron chi connectivity index (χ0n) is 35.0. The average Bonchev–Trinajstić information content (AvgIpc) is 4.00. The molecule has 4 aliphatic rings. The Bertz CT molecular complexity index is 2060. The Morgan fingerprint density at radius 2 is 1.81 bits per heavy atom. The van der Waals surface area contributed by atoms with E-state index in [0.29, 0.717) is 42.7 Å². The van der Waals surface area contributed by atoms with Crippen LogP contribution in [0.2, 0.25) is 0 Å². The third-order valence-corrected chi connectivity index (χ3v) is 13.7. The second-order valence-corrected chi connectivity index (χ2v) is 20.3. The van der Waals surface area contributed by atoms with E-state index in [0.717, 1.165) is 11.8 Å². The first-order valence-corrected chi connectivity index (χ1v) is 21.8. The van der Waals surface area contributed by atoms with E-state index >= 15 is 0 Å². The third kappa shape index (κ3) is 9.47. The van der Waals surface area contributed by atoms with Crippen molar-refractivity contribution in [2.45, 2.75) is 141 Å². The Morgan fingerprint density at radius 3 is 2.47 bits per heavy atom. The fourth-order valence-corrected chi connectivity index (χ4v) is 9.20. The molecule has 2 aliphatic carbocycles. The van der Waals surface area contributed by atoms with Gasteiger partial charge in [0.25, 0.3) is 5.91 Å². The quantitative estimate of drug-likeness (QED) is 0.283. The van der Waals surface area contributed by atoms with Crippen LogP contribution in [0.5, 0.6) is 17.5 Å². The first kappa shape index (κ1) is 43.0. The van der Waals surface area contributed by atoms with E-state index in [2.05, 4.69) is 27.3 Å². The number of amides is 4. The lowest BCUT2D eigenvalue weighted by Crippen LogP contribution is -2.59. The summed E-state index contributed by atoms with van der Waals surface area (Å²) in [6.07, 6.45) is 5.15. The summed E-state index contributed by atoms with van der Waals surface area (Å²) in [5.74, 6) is -1.50. The van der Waals surface area contributed by atoms with Gasteiger partial charge in [0.1, 0.15) is 35.1 Å². The molecule has 0 spiro atoms. The molecule has 3 heterocycles. The standard InChI is InChI=1S/C42H59N5O10S/c1-24(2)55-33-20-27-19-29(54-9)14-15-31(27)36(43-33)56-30-21-32-35(48)45-42(38(50)46-58(52,53)41(8)16-17-41)22-28(42)13-11-10-12-25(3)18-26(4)34(37(49)47(32)23-30)44-39(51)57-40(5,6)7/h11,13-15,19-20,24-26,28,30,32,34H,10,12,16-18,21-23H2,1-9H3,(H,44,51)(H,45,48)(H,46,50)/b13-11-/t25-,26-,28-,30-,32+,34+,42-/m1/s1. The van der Waals surface area contributed by atoms with E-state index in [1.807, 2.05) is 45.1 Å². The van der Waals surface area contributed by atoms with Crippen molar-refractivity contribution in [2.75, 3.05) is 13.7 Å². The number of carbonyl (C=O) groups is 4. The zero-order chi connectivity index (χ0) is 42.4. The molecule has 3 N–H and O–H groups in total. The van der Waals surface area contributed by atoms with Crippen molar-refractivity contribution in [1.82, 2.24) is 25.2 Å². The molecule has 2 saturated carbocycles. The van der Waals surface area contributed by atoms with E-state index in [4.69, 9.17) is 18.9 Å². The van der Waals surface area contributed by atoms with Gasteiger partial charge in [-0.05, 0) is 115 Å². The first-order valence-electron chi connectivity index (χ1n) is 20.3. The number of ether oxygens (including phenoxy) is 4. The summed E-state index contributed by atoms with van der Waals surface area (Å²) in [4.78, 5) is 62.9. The van der Waals surface area contributed by atoms with E-state index in [9.17, 15) is 27.6 Å². The number of hydrogen-bond donors (Lipinski definition) is 3. The zero-order valence-corrected chi connectivity index (χ0v) is 35.9. The number of fused-ring (bicyclic) bond motifs is 3. The summed E-state index contributed by atoms with van der Waals surface area (Å²) in [5, 5.41) is 7.12. The second kappa shape index (κ2) is 16.2. The summed E-state index contributed by atoms with van der Waals surface area (Å²) in [7, 11) is -2.45. The number of nitrogens with zero attached hydrogens (tertiary/aromatic N) is 2. The number of nitrogens with one attached hydrogen (secondary N) is 3. The molecule has 3 fully saturated rings. The maximum Gasteiger partial charge on any atom is 0.408 e. The Kier molecular flexibility index (Phi) is 12.0. The van der Waals surface area contributed by atoms with Crippen LogP contribution in [0.25, 0.3) is 10.8 Å². The SMILES string of the molecule is COc1ccc2c(O[C@@H]3C[C@H]4C(=O)N[C@]5(C(=O)NS(=O)(=O)C6(C)CC6)C[C@H]5/C=C\CC[C@@H](C)C[C@@H](C)[C@H](NC(=O)OC(C)(C)C)C(=O)N4C3)nc(OC(C)C)cc2c1. The molecule has 0 unspecified atom stereocenters. The van der Waals surface area contributed by atoms with Crippen LogP contribution in [0.15, 0.2) is 36.4 Å².